The highest BCUT2D eigenvalue weighted by molar-refractivity contribution is 7.99. The van der Waals surface area contributed by atoms with E-state index in [-0.39, 0.29) is 0 Å². The molecule has 6 heteroatoms. The molecule has 4 nitrogen and oxygen atoms in total. The molecule has 2 heterocycles. The third kappa shape index (κ3) is 3.02. The van der Waals surface area contributed by atoms with Crippen molar-refractivity contribution >= 4 is 24.0 Å². The zero-order valence-corrected chi connectivity index (χ0v) is 13.6. The van der Waals surface area contributed by atoms with Crippen molar-refractivity contribution in [1.82, 2.24) is 14.9 Å². The van der Waals surface area contributed by atoms with Gasteiger partial charge in [0.05, 0.1) is 0 Å². The highest BCUT2D eigenvalue weighted by Gasteiger charge is 2.23. The van der Waals surface area contributed by atoms with E-state index in [2.05, 4.69) is 14.9 Å². The van der Waals surface area contributed by atoms with Gasteiger partial charge in [-0.15, -0.1) is 11.8 Å². The van der Waals surface area contributed by atoms with Crippen LogP contribution in [0.3, 0.4) is 0 Å². The Morgan fingerprint density at radius 1 is 1.52 bits per heavy atom. The van der Waals surface area contributed by atoms with Crippen LogP contribution >= 0.6 is 24.0 Å². The van der Waals surface area contributed by atoms with Crippen molar-refractivity contribution in [2.45, 2.75) is 23.8 Å². The average Bonchev–Trinajstić information content (AvgIpc) is 2.85. The lowest BCUT2D eigenvalue weighted by atomic mass is 10.1. The van der Waals surface area contributed by atoms with E-state index in [4.69, 9.17) is 12.2 Å². The maximum absolute atomic E-state index is 9.68. The van der Waals surface area contributed by atoms with Gasteiger partial charge in [-0.2, -0.15) is 0 Å². The lowest BCUT2D eigenvalue weighted by molar-refractivity contribution is 0.470. The molecule has 0 fully saturated rings. The Morgan fingerprint density at radius 3 is 3.19 bits per heavy atom. The molecule has 3 rings (SSSR count). The van der Waals surface area contributed by atoms with Gasteiger partial charge < -0.3 is 20.0 Å². The number of aromatic amines is 1. The van der Waals surface area contributed by atoms with Crippen LogP contribution in [0.5, 0.6) is 5.75 Å². The SMILES string of the molecule is CNCCc1c[nH]c(=S)n1[C@H]1CSc2ccc(O)cc2C1. The Morgan fingerprint density at radius 2 is 2.38 bits per heavy atom. The van der Waals surface area contributed by atoms with Gasteiger partial charge in [0.1, 0.15) is 5.75 Å². The van der Waals surface area contributed by atoms with Crippen molar-refractivity contribution < 1.29 is 5.11 Å². The number of benzene rings is 1. The number of rotatable bonds is 4. The van der Waals surface area contributed by atoms with E-state index < -0.39 is 0 Å². The topological polar surface area (TPSA) is 53.0 Å². The number of aromatic hydroxyl groups is 1. The molecular weight excluding hydrogens is 302 g/mol. The van der Waals surface area contributed by atoms with Gasteiger partial charge in [-0.05, 0) is 49.4 Å². The molecule has 2 aromatic rings. The number of imidazole rings is 1. The summed E-state index contributed by atoms with van der Waals surface area (Å²) in [4.78, 5) is 4.44. The number of phenolic OH excluding ortho intramolecular Hbond substituents is 1. The van der Waals surface area contributed by atoms with Gasteiger partial charge in [0.15, 0.2) is 4.77 Å². The molecule has 1 atom stereocenters. The second-order valence-electron chi connectivity index (χ2n) is 5.27. The van der Waals surface area contributed by atoms with Crippen LogP contribution in [0.4, 0.5) is 0 Å². The molecule has 0 radical (unpaired) electrons. The first-order valence-corrected chi connectivity index (χ1v) is 8.46. The van der Waals surface area contributed by atoms with Crippen LogP contribution in [0.1, 0.15) is 17.3 Å². The number of fused-ring (bicyclic) bond motifs is 1. The number of H-pyrrole nitrogens is 1. The minimum Gasteiger partial charge on any atom is -0.508 e. The summed E-state index contributed by atoms with van der Waals surface area (Å²) in [5, 5.41) is 12.9. The van der Waals surface area contributed by atoms with E-state index in [0.717, 1.165) is 29.9 Å². The number of hydrogen-bond donors (Lipinski definition) is 3. The third-order valence-electron chi connectivity index (χ3n) is 3.82. The van der Waals surface area contributed by atoms with Crippen LogP contribution in [0.2, 0.25) is 0 Å². The molecule has 1 aliphatic heterocycles. The first-order valence-electron chi connectivity index (χ1n) is 7.07. The number of phenols is 1. The lowest BCUT2D eigenvalue weighted by Gasteiger charge is -2.27. The fraction of sp³-hybridized carbons (Fsp3) is 0.400. The molecule has 21 heavy (non-hydrogen) atoms. The van der Waals surface area contributed by atoms with Gasteiger partial charge >= 0.3 is 0 Å². The normalized spacial score (nSPS) is 17.7. The second kappa shape index (κ2) is 6.25. The molecule has 0 unspecified atom stereocenters. The number of nitrogens with zero attached hydrogens (tertiary/aromatic N) is 1. The zero-order valence-electron chi connectivity index (χ0n) is 11.9. The van der Waals surface area contributed by atoms with E-state index in [9.17, 15) is 5.11 Å². The van der Waals surface area contributed by atoms with Crippen molar-refractivity contribution in [3.63, 3.8) is 0 Å². The summed E-state index contributed by atoms with van der Waals surface area (Å²) < 4.78 is 3.03. The maximum atomic E-state index is 9.68. The van der Waals surface area contributed by atoms with Gasteiger partial charge in [0.25, 0.3) is 0 Å². The van der Waals surface area contributed by atoms with E-state index in [1.165, 1.54) is 16.2 Å². The summed E-state index contributed by atoms with van der Waals surface area (Å²) in [5.41, 5.74) is 2.45. The molecule has 0 aliphatic carbocycles. The van der Waals surface area contributed by atoms with Crippen LogP contribution in [0.15, 0.2) is 29.3 Å². The van der Waals surface area contributed by atoms with Crippen molar-refractivity contribution in [1.29, 1.82) is 0 Å². The molecule has 1 aromatic heterocycles. The summed E-state index contributed by atoms with van der Waals surface area (Å²) in [6, 6.07) is 5.98. The van der Waals surface area contributed by atoms with Gasteiger partial charge in [0, 0.05) is 41.5 Å². The van der Waals surface area contributed by atoms with Crippen LogP contribution in [0, 0.1) is 4.77 Å². The van der Waals surface area contributed by atoms with Crippen LogP contribution in [-0.4, -0.2) is 34.0 Å². The molecule has 0 saturated heterocycles. The second-order valence-corrected chi connectivity index (χ2v) is 6.72. The van der Waals surface area contributed by atoms with E-state index >= 15 is 0 Å². The van der Waals surface area contributed by atoms with E-state index in [0.29, 0.717) is 11.8 Å². The maximum Gasteiger partial charge on any atom is 0.177 e. The highest BCUT2D eigenvalue weighted by atomic mass is 32.2. The molecule has 3 N–H and O–H groups in total. The molecule has 1 aromatic carbocycles. The fourth-order valence-corrected chi connectivity index (χ4v) is 4.25. The third-order valence-corrected chi connectivity index (χ3v) is 5.39. The predicted molar refractivity (Wildman–Crippen MR) is 88.8 cm³/mol. The standard InChI is InChI=1S/C15H19N3OS2/c1-16-5-4-11-8-17-15(20)18(11)12-6-10-7-13(19)2-3-14(10)21-9-12/h2-3,7-8,12,16,19H,4-6,9H2,1H3,(H,17,20)/t12-/m1/s1. The summed E-state index contributed by atoms with van der Waals surface area (Å²) in [6.07, 6.45) is 3.88. The van der Waals surface area contributed by atoms with E-state index in [1.54, 1.807) is 6.07 Å². The van der Waals surface area contributed by atoms with Crippen molar-refractivity contribution in [3.8, 4) is 5.75 Å². The number of hydrogen-bond acceptors (Lipinski definition) is 4. The first kappa shape index (κ1) is 14.7. The highest BCUT2D eigenvalue weighted by Crippen LogP contribution is 2.37. The smallest absolute Gasteiger partial charge is 0.177 e. The molecule has 112 valence electrons. The first-order chi connectivity index (χ1) is 10.2. The van der Waals surface area contributed by atoms with Gasteiger partial charge in [-0.25, -0.2) is 0 Å². The number of nitrogens with one attached hydrogen (secondary N) is 2. The Kier molecular flexibility index (Phi) is 4.37. The Balaban J connectivity index is 1.89. The Bertz CT molecular complexity index is 692. The van der Waals surface area contributed by atoms with Crippen molar-refractivity contribution in [2.24, 2.45) is 0 Å². The Hall–Kier alpha value is -1.24. The van der Waals surface area contributed by atoms with Crippen molar-refractivity contribution in [3.05, 3.63) is 40.4 Å². The summed E-state index contributed by atoms with van der Waals surface area (Å²) in [7, 11) is 1.96. The van der Waals surface area contributed by atoms with Gasteiger partial charge in [-0.1, -0.05) is 0 Å². The molecule has 0 spiro atoms. The lowest BCUT2D eigenvalue weighted by Crippen LogP contribution is -2.22. The minimum absolute atomic E-state index is 0.336. The van der Waals surface area contributed by atoms with Gasteiger partial charge in [-0.3, -0.25) is 0 Å². The molecule has 0 saturated carbocycles. The molecule has 0 amide bonds. The van der Waals surface area contributed by atoms with Crippen molar-refractivity contribution in [2.75, 3.05) is 19.3 Å². The monoisotopic (exact) mass is 321 g/mol. The number of aromatic nitrogens is 2. The van der Waals surface area contributed by atoms with Crippen LogP contribution in [0.25, 0.3) is 0 Å². The number of likely N-dealkylation sites (N-methyl/N-ethyl adjacent to an activating group) is 1. The minimum atomic E-state index is 0.336. The average molecular weight is 321 g/mol. The van der Waals surface area contributed by atoms with E-state index in [1.807, 2.05) is 37.1 Å². The molecule has 1 aliphatic rings. The molecule has 0 bridgehead atoms. The van der Waals surface area contributed by atoms with Crippen LogP contribution in [-0.2, 0) is 12.8 Å². The predicted octanol–water partition coefficient (Wildman–Crippen LogP) is 2.90. The number of thioether (sulfide) groups is 1. The van der Waals surface area contributed by atoms with Crippen LogP contribution < -0.4 is 5.32 Å². The fourth-order valence-electron chi connectivity index (χ4n) is 2.79. The summed E-state index contributed by atoms with van der Waals surface area (Å²) in [6.45, 7) is 0.934. The largest absolute Gasteiger partial charge is 0.508 e. The zero-order chi connectivity index (χ0) is 14.8. The summed E-state index contributed by atoms with van der Waals surface area (Å²) >= 11 is 7.29. The van der Waals surface area contributed by atoms with Gasteiger partial charge in [0.2, 0.25) is 0 Å². The Labute approximate surface area is 133 Å². The summed E-state index contributed by atoms with van der Waals surface area (Å²) in [5.74, 6) is 1.35. The molecular formula is C15H19N3OS2. The quantitative estimate of drug-likeness (QED) is 0.758.